The van der Waals surface area contributed by atoms with Gasteiger partial charge >= 0.3 is 0 Å². The summed E-state index contributed by atoms with van der Waals surface area (Å²) in [5, 5.41) is 0. The lowest BCUT2D eigenvalue weighted by molar-refractivity contribution is 0.510. The van der Waals surface area contributed by atoms with Crippen LogP contribution in [0.5, 0.6) is 0 Å². The van der Waals surface area contributed by atoms with Gasteiger partial charge in [-0.05, 0) is 24.0 Å². The predicted octanol–water partition coefficient (Wildman–Crippen LogP) is 2.47. The molecule has 0 radical (unpaired) electrons. The highest BCUT2D eigenvalue weighted by atomic mass is 19.1. The summed E-state index contributed by atoms with van der Waals surface area (Å²) in [5.74, 6) is 0. The molecule has 0 aliphatic heterocycles. The first-order valence-electron chi connectivity index (χ1n) is 4.77. The lowest BCUT2D eigenvalue weighted by Gasteiger charge is -2.11. The Morgan fingerprint density at radius 2 is 2.00 bits per heavy atom. The van der Waals surface area contributed by atoms with E-state index in [1.54, 1.807) is 0 Å². The predicted molar refractivity (Wildman–Crippen MR) is 57.9 cm³/mol. The third-order valence-electron chi connectivity index (χ3n) is 2.28. The molecule has 76 valence electrons. The van der Waals surface area contributed by atoms with Crippen molar-refractivity contribution in [2.45, 2.75) is 18.9 Å². The summed E-state index contributed by atoms with van der Waals surface area (Å²) in [6.07, 6.45) is 1.63. The molecule has 1 rings (SSSR count). The van der Waals surface area contributed by atoms with Crippen molar-refractivity contribution in [3.8, 4) is 0 Å². The summed E-state index contributed by atoms with van der Waals surface area (Å²) in [4.78, 5) is 0. The van der Waals surface area contributed by atoms with Gasteiger partial charge < -0.3 is 5.73 Å². The molecule has 0 saturated carbocycles. The van der Waals surface area contributed by atoms with Crippen LogP contribution >= 0.6 is 0 Å². The molecule has 0 aromatic heterocycles. The number of hydrogen-bond acceptors (Lipinski definition) is 1. The van der Waals surface area contributed by atoms with E-state index in [0.717, 1.165) is 12.8 Å². The number of halogens is 1. The maximum Gasteiger partial charge on any atom is 0.112 e. The highest BCUT2D eigenvalue weighted by molar-refractivity contribution is 5.16. The molecule has 2 heteroatoms. The quantitative estimate of drug-likeness (QED) is 0.714. The van der Waals surface area contributed by atoms with Gasteiger partial charge in [-0.1, -0.05) is 36.9 Å². The molecule has 0 amide bonds. The van der Waals surface area contributed by atoms with Gasteiger partial charge in [0.15, 0.2) is 0 Å². The van der Waals surface area contributed by atoms with Crippen molar-refractivity contribution < 1.29 is 4.39 Å². The van der Waals surface area contributed by atoms with Crippen molar-refractivity contribution in [3.63, 3.8) is 0 Å². The number of nitrogens with two attached hydrogens (primary N) is 1. The molecular formula is C12H16FN. The number of rotatable bonds is 5. The smallest absolute Gasteiger partial charge is 0.112 e. The van der Waals surface area contributed by atoms with E-state index in [1.807, 2.05) is 30.3 Å². The maximum atomic E-state index is 12.2. The Morgan fingerprint density at radius 1 is 1.36 bits per heavy atom. The third-order valence-corrected chi connectivity index (χ3v) is 2.28. The zero-order valence-corrected chi connectivity index (χ0v) is 8.25. The molecule has 1 nitrogen and oxygen atoms in total. The zero-order chi connectivity index (χ0) is 10.4. The van der Waals surface area contributed by atoms with Crippen molar-refractivity contribution in [2.75, 3.05) is 6.67 Å². The van der Waals surface area contributed by atoms with Gasteiger partial charge in [0.05, 0.1) is 0 Å². The molecule has 2 N–H and O–H groups in total. The van der Waals surface area contributed by atoms with Crippen molar-refractivity contribution >= 4 is 0 Å². The number of aryl methyl sites for hydroxylation is 1. The SMILES string of the molecule is C=C(CF)C(N)CCc1ccccc1. The van der Waals surface area contributed by atoms with Gasteiger partial charge in [-0.3, -0.25) is 0 Å². The highest BCUT2D eigenvalue weighted by Gasteiger charge is 2.06. The van der Waals surface area contributed by atoms with Crippen LogP contribution in [0, 0.1) is 0 Å². The van der Waals surface area contributed by atoms with Crippen molar-refractivity contribution in [2.24, 2.45) is 5.73 Å². The minimum atomic E-state index is -0.518. The standard InChI is InChI=1S/C12H16FN/c1-10(9-13)12(14)8-7-11-5-3-2-4-6-11/h2-6,12H,1,7-9,14H2. The molecule has 0 aliphatic rings. The number of alkyl halides is 1. The van der Waals surface area contributed by atoms with E-state index >= 15 is 0 Å². The Hall–Kier alpha value is -1.15. The van der Waals surface area contributed by atoms with Gasteiger partial charge in [-0.25, -0.2) is 4.39 Å². The Labute approximate surface area is 84.4 Å². The summed E-state index contributed by atoms with van der Waals surface area (Å²) in [6.45, 7) is 3.07. The molecule has 0 saturated heterocycles. The molecule has 0 spiro atoms. The van der Waals surface area contributed by atoms with Crippen LogP contribution in [-0.2, 0) is 6.42 Å². The lowest BCUT2D eigenvalue weighted by Crippen LogP contribution is -2.23. The Balaban J connectivity index is 2.38. The van der Waals surface area contributed by atoms with Gasteiger partial charge in [-0.15, -0.1) is 0 Å². The fourth-order valence-corrected chi connectivity index (χ4v) is 1.27. The largest absolute Gasteiger partial charge is 0.324 e. The van der Waals surface area contributed by atoms with E-state index in [2.05, 4.69) is 6.58 Å². The van der Waals surface area contributed by atoms with Crippen molar-refractivity contribution in [3.05, 3.63) is 48.0 Å². The first-order chi connectivity index (χ1) is 6.74. The first kappa shape index (κ1) is 10.9. The summed E-state index contributed by atoms with van der Waals surface area (Å²) in [7, 11) is 0. The first-order valence-corrected chi connectivity index (χ1v) is 4.77. The Bertz CT molecular complexity index is 282. The van der Waals surface area contributed by atoms with Gasteiger partial charge in [0.1, 0.15) is 6.67 Å². The average molecular weight is 193 g/mol. The topological polar surface area (TPSA) is 26.0 Å². The Kier molecular flexibility index (Phi) is 4.33. The molecular weight excluding hydrogens is 177 g/mol. The normalized spacial score (nSPS) is 12.4. The summed E-state index contributed by atoms with van der Waals surface area (Å²) in [5.41, 5.74) is 7.45. The number of benzene rings is 1. The minimum absolute atomic E-state index is 0.222. The molecule has 0 bridgehead atoms. The van der Waals surface area contributed by atoms with E-state index < -0.39 is 6.67 Å². The summed E-state index contributed by atoms with van der Waals surface area (Å²) in [6, 6.07) is 9.83. The molecule has 1 unspecified atom stereocenters. The van der Waals surface area contributed by atoms with Crippen LogP contribution in [0.15, 0.2) is 42.5 Å². The molecule has 1 atom stereocenters. The van der Waals surface area contributed by atoms with Crippen LogP contribution in [0.2, 0.25) is 0 Å². The van der Waals surface area contributed by atoms with Crippen molar-refractivity contribution in [1.82, 2.24) is 0 Å². The molecule has 1 aromatic rings. The van der Waals surface area contributed by atoms with E-state index in [-0.39, 0.29) is 6.04 Å². The van der Waals surface area contributed by atoms with E-state index in [4.69, 9.17) is 5.73 Å². The van der Waals surface area contributed by atoms with Gasteiger partial charge in [0.25, 0.3) is 0 Å². The van der Waals surface area contributed by atoms with Crippen LogP contribution in [0.3, 0.4) is 0 Å². The third kappa shape index (κ3) is 3.30. The molecule has 0 fully saturated rings. The lowest BCUT2D eigenvalue weighted by atomic mass is 10.0. The molecule has 1 aromatic carbocycles. The second-order valence-corrected chi connectivity index (χ2v) is 3.42. The number of hydrogen-bond donors (Lipinski definition) is 1. The summed E-state index contributed by atoms with van der Waals surface area (Å²) >= 11 is 0. The summed E-state index contributed by atoms with van der Waals surface area (Å²) < 4.78 is 12.2. The van der Waals surface area contributed by atoms with Crippen LogP contribution in [0.1, 0.15) is 12.0 Å². The van der Waals surface area contributed by atoms with Crippen LogP contribution in [0.4, 0.5) is 4.39 Å². The highest BCUT2D eigenvalue weighted by Crippen LogP contribution is 2.08. The second-order valence-electron chi connectivity index (χ2n) is 3.42. The van der Waals surface area contributed by atoms with Gasteiger partial charge in [-0.2, -0.15) is 0 Å². The van der Waals surface area contributed by atoms with E-state index in [1.165, 1.54) is 5.56 Å². The van der Waals surface area contributed by atoms with E-state index in [0.29, 0.717) is 5.57 Å². The molecule has 0 aliphatic carbocycles. The average Bonchev–Trinajstić information content (AvgIpc) is 2.26. The van der Waals surface area contributed by atoms with Crippen LogP contribution in [0.25, 0.3) is 0 Å². The van der Waals surface area contributed by atoms with Gasteiger partial charge in [0.2, 0.25) is 0 Å². The van der Waals surface area contributed by atoms with Gasteiger partial charge in [0, 0.05) is 6.04 Å². The minimum Gasteiger partial charge on any atom is -0.324 e. The molecule has 14 heavy (non-hydrogen) atoms. The fraction of sp³-hybridized carbons (Fsp3) is 0.333. The Morgan fingerprint density at radius 3 is 2.57 bits per heavy atom. The van der Waals surface area contributed by atoms with Crippen LogP contribution < -0.4 is 5.73 Å². The monoisotopic (exact) mass is 193 g/mol. The van der Waals surface area contributed by atoms with Crippen LogP contribution in [-0.4, -0.2) is 12.7 Å². The van der Waals surface area contributed by atoms with Crippen molar-refractivity contribution in [1.29, 1.82) is 0 Å². The fourth-order valence-electron chi connectivity index (χ4n) is 1.27. The zero-order valence-electron chi connectivity index (χ0n) is 8.25. The molecule has 0 heterocycles. The maximum absolute atomic E-state index is 12.2. The second kappa shape index (κ2) is 5.55. The van der Waals surface area contributed by atoms with E-state index in [9.17, 15) is 4.39 Å².